The van der Waals surface area contributed by atoms with Crippen molar-refractivity contribution >= 4 is 28.6 Å². The van der Waals surface area contributed by atoms with Gasteiger partial charge in [-0.25, -0.2) is 9.78 Å². The first-order valence-electron chi connectivity index (χ1n) is 7.48. The molecule has 0 spiro atoms. The highest BCUT2D eigenvalue weighted by Crippen LogP contribution is 2.31. The van der Waals surface area contributed by atoms with Crippen LogP contribution in [-0.4, -0.2) is 30.1 Å². The number of carbonyl (C=O) groups excluding carboxylic acids is 1. The maximum absolute atomic E-state index is 12.1. The number of nitrogens with zero attached hydrogens (tertiary/aromatic N) is 2. The maximum atomic E-state index is 12.1. The number of rotatable bonds is 3. The van der Waals surface area contributed by atoms with E-state index in [1.807, 2.05) is 37.3 Å². The van der Waals surface area contributed by atoms with Gasteiger partial charge in [0.1, 0.15) is 5.82 Å². The molecule has 0 saturated carbocycles. The molecule has 1 aromatic heterocycles. The standard InChI is InChI=1S/C18H18N4O2/c1-10-5-4-6-13(17(23)24-3)15(10)11-7-8-12-14(9-11)21-18(19)22-16(12)20-2/h4-9H,1-3H3,(H3,19,20,21,22). The van der Waals surface area contributed by atoms with E-state index < -0.39 is 0 Å². The van der Waals surface area contributed by atoms with Gasteiger partial charge < -0.3 is 15.8 Å². The van der Waals surface area contributed by atoms with E-state index in [9.17, 15) is 4.79 Å². The number of ether oxygens (including phenoxy) is 1. The summed E-state index contributed by atoms with van der Waals surface area (Å²) in [6, 6.07) is 11.3. The third kappa shape index (κ3) is 2.62. The van der Waals surface area contributed by atoms with Gasteiger partial charge in [-0.05, 0) is 41.8 Å². The number of esters is 1. The predicted molar refractivity (Wildman–Crippen MR) is 95.0 cm³/mol. The molecule has 0 fully saturated rings. The Kier molecular flexibility index (Phi) is 4.04. The lowest BCUT2D eigenvalue weighted by molar-refractivity contribution is 0.0601. The zero-order valence-electron chi connectivity index (χ0n) is 13.8. The topological polar surface area (TPSA) is 90.1 Å². The summed E-state index contributed by atoms with van der Waals surface area (Å²) in [6.07, 6.45) is 0. The minimum Gasteiger partial charge on any atom is -0.465 e. The van der Waals surface area contributed by atoms with Crippen molar-refractivity contribution < 1.29 is 9.53 Å². The minimum absolute atomic E-state index is 0.196. The van der Waals surface area contributed by atoms with Crippen LogP contribution in [-0.2, 0) is 4.74 Å². The number of anilines is 2. The molecule has 0 atom stereocenters. The molecule has 0 aliphatic carbocycles. The minimum atomic E-state index is -0.369. The van der Waals surface area contributed by atoms with E-state index in [1.165, 1.54) is 7.11 Å². The number of aryl methyl sites for hydroxylation is 1. The van der Waals surface area contributed by atoms with Gasteiger partial charge in [-0.1, -0.05) is 18.2 Å². The van der Waals surface area contributed by atoms with E-state index in [-0.39, 0.29) is 11.9 Å². The highest BCUT2D eigenvalue weighted by Gasteiger charge is 2.16. The van der Waals surface area contributed by atoms with Crippen molar-refractivity contribution in [2.45, 2.75) is 6.92 Å². The molecule has 0 aliphatic rings. The fourth-order valence-electron chi connectivity index (χ4n) is 2.82. The van der Waals surface area contributed by atoms with Crippen molar-refractivity contribution in [3.05, 3.63) is 47.5 Å². The molecule has 0 saturated heterocycles. The molecule has 122 valence electrons. The van der Waals surface area contributed by atoms with Crippen LogP contribution in [0.2, 0.25) is 0 Å². The molecule has 2 aromatic carbocycles. The fraction of sp³-hybridized carbons (Fsp3) is 0.167. The molecular formula is C18H18N4O2. The van der Waals surface area contributed by atoms with Crippen molar-refractivity contribution in [1.82, 2.24) is 9.97 Å². The monoisotopic (exact) mass is 322 g/mol. The number of hydrogen-bond donors (Lipinski definition) is 2. The summed E-state index contributed by atoms with van der Waals surface area (Å²) in [5.41, 5.74) is 9.70. The lowest BCUT2D eigenvalue weighted by atomic mass is 9.94. The predicted octanol–water partition coefficient (Wildman–Crippen LogP) is 3.02. The van der Waals surface area contributed by atoms with Crippen molar-refractivity contribution in [2.75, 3.05) is 25.2 Å². The molecule has 6 heteroatoms. The molecule has 0 amide bonds. The Bertz CT molecular complexity index is 938. The molecule has 1 heterocycles. The average Bonchev–Trinajstić information content (AvgIpc) is 2.59. The smallest absolute Gasteiger partial charge is 0.338 e. The third-order valence-electron chi connectivity index (χ3n) is 3.92. The number of hydrogen-bond acceptors (Lipinski definition) is 6. The van der Waals surface area contributed by atoms with Crippen LogP contribution in [0.1, 0.15) is 15.9 Å². The quantitative estimate of drug-likeness (QED) is 0.720. The van der Waals surface area contributed by atoms with Crippen LogP contribution in [0.15, 0.2) is 36.4 Å². The Labute approximate surface area is 139 Å². The van der Waals surface area contributed by atoms with Crippen LogP contribution in [0.25, 0.3) is 22.0 Å². The first kappa shape index (κ1) is 15.7. The molecular weight excluding hydrogens is 304 g/mol. The van der Waals surface area contributed by atoms with Crippen LogP contribution in [0.3, 0.4) is 0 Å². The van der Waals surface area contributed by atoms with Crippen LogP contribution in [0, 0.1) is 6.92 Å². The number of nitrogen functional groups attached to an aromatic ring is 1. The number of benzene rings is 2. The van der Waals surface area contributed by atoms with Crippen LogP contribution >= 0.6 is 0 Å². The van der Waals surface area contributed by atoms with Gasteiger partial charge in [0.05, 0.1) is 18.2 Å². The Balaban J connectivity index is 2.26. The SMILES string of the molecule is CNc1nc(N)nc2cc(-c3c(C)cccc3C(=O)OC)ccc12. The molecule has 3 aromatic rings. The van der Waals surface area contributed by atoms with Gasteiger partial charge in [0.15, 0.2) is 0 Å². The van der Waals surface area contributed by atoms with E-state index in [4.69, 9.17) is 10.5 Å². The normalized spacial score (nSPS) is 10.6. The lowest BCUT2D eigenvalue weighted by Gasteiger charge is -2.13. The molecule has 0 aliphatic heterocycles. The first-order chi connectivity index (χ1) is 11.5. The summed E-state index contributed by atoms with van der Waals surface area (Å²) >= 11 is 0. The van der Waals surface area contributed by atoms with Gasteiger partial charge in [0.2, 0.25) is 5.95 Å². The maximum Gasteiger partial charge on any atom is 0.338 e. The van der Waals surface area contributed by atoms with E-state index in [1.54, 1.807) is 13.1 Å². The number of methoxy groups -OCH3 is 1. The number of nitrogens with one attached hydrogen (secondary N) is 1. The zero-order valence-corrected chi connectivity index (χ0v) is 13.8. The van der Waals surface area contributed by atoms with E-state index in [2.05, 4.69) is 15.3 Å². The first-order valence-corrected chi connectivity index (χ1v) is 7.48. The molecule has 6 nitrogen and oxygen atoms in total. The van der Waals surface area contributed by atoms with Crippen LogP contribution in [0.4, 0.5) is 11.8 Å². The summed E-state index contributed by atoms with van der Waals surface area (Å²) in [5.74, 6) is 0.496. The number of carbonyl (C=O) groups is 1. The van der Waals surface area contributed by atoms with Crippen molar-refractivity contribution in [3.63, 3.8) is 0 Å². The Hall–Kier alpha value is -3.15. The lowest BCUT2D eigenvalue weighted by Crippen LogP contribution is -2.05. The Morgan fingerprint density at radius 2 is 2.00 bits per heavy atom. The van der Waals surface area contributed by atoms with Crippen molar-refractivity contribution in [3.8, 4) is 11.1 Å². The summed E-state index contributed by atoms with van der Waals surface area (Å²) in [6.45, 7) is 1.96. The summed E-state index contributed by atoms with van der Waals surface area (Å²) in [4.78, 5) is 20.6. The highest BCUT2D eigenvalue weighted by molar-refractivity contribution is 6.00. The van der Waals surface area contributed by atoms with Crippen molar-refractivity contribution in [1.29, 1.82) is 0 Å². The molecule has 0 bridgehead atoms. The molecule has 3 N–H and O–H groups in total. The van der Waals surface area contributed by atoms with E-state index in [0.29, 0.717) is 16.9 Å². The van der Waals surface area contributed by atoms with Crippen LogP contribution in [0.5, 0.6) is 0 Å². The average molecular weight is 322 g/mol. The number of nitrogens with two attached hydrogens (primary N) is 1. The zero-order chi connectivity index (χ0) is 17.3. The van der Waals surface area contributed by atoms with Gasteiger partial charge in [-0.2, -0.15) is 4.98 Å². The third-order valence-corrected chi connectivity index (χ3v) is 3.92. The summed E-state index contributed by atoms with van der Waals surface area (Å²) in [7, 11) is 3.16. The Morgan fingerprint density at radius 1 is 1.21 bits per heavy atom. The second kappa shape index (κ2) is 6.16. The second-order valence-corrected chi connectivity index (χ2v) is 5.40. The van der Waals surface area contributed by atoms with Crippen molar-refractivity contribution in [2.24, 2.45) is 0 Å². The van der Waals surface area contributed by atoms with Gasteiger partial charge in [0, 0.05) is 12.4 Å². The van der Waals surface area contributed by atoms with E-state index >= 15 is 0 Å². The largest absolute Gasteiger partial charge is 0.465 e. The fourth-order valence-corrected chi connectivity index (χ4v) is 2.82. The highest BCUT2D eigenvalue weighted by atomic mass is 16.5. The van der Waals surface area contributed by atoms with Gasteiger partial charge in [-0.15, -0.1) is 0 Å². The second-order valence-electron chi connectivity index (χ2n) is 5.40. The molecule has 0 radical (unpaired) electrons. The number of aromatic nitrogens is 2. The summed E-state index contributed by atoms with van der Waals surface area (Å²) in [5, 5.41) is 3.88. The molecule has 24 heavy (non-hydrogen) atoms. The number of fused-ring (bicyclic) bond motifs is 1. The van der Waals surface area contributed by atoms with E-state index in [0.717, 1.165) is 22.1 Å². The van der Waals surface area contributed by atoms with Gasteiger partial charge in [0.25, 0.3) is 0 Å². The molecule has 0 unspecified atom stereocenters. The van der Waals surface area contributed by atoms with Gasteiger partial charge >= 0.3 is 5.97 Å². The van der Waals surface area contributed by atoms with Crippen LogP contribution < -0.4 is 11.1 Å². The molecule has 3 rings (SSSR count). The van der Waals surface area contributed by atoms with Gasteiger partial charge in [-0.3, -0.25) is 0 Å². The summed E-state index contributed by atoms with van der Waals surface area (Å²) < 4.78 is 4.90. The Morgan fingerprint density at radius 3 is 2.71 bits per heavy atom.